The lowest BCUT2D eigenvalue weighted by Gasteiger charge is -2.25. The van der Waals surface area contributed by atoms with Gasteiger partial charge in [-0.1, -0.05) is 55.7 Å². The monoisotopic (exact) mass is 265 g/mol. The summed E-state index contributed by atoms with van der Waals surface area (Å²) in [6, 6.07) is 13.1. The average Bonchev–Trinajstić information content (AvgIpc) is 2.49. The topological polar surface area (TPSA) is 12.9 Å². The van der Waals surface area contributed by atoms with Gasteiger partial charge in [-0.15, -0.1) is 0 Å². The molecule has 20 heavy (non-hydrogen) atoms. The van der Waals surface area contributed by atoms with Crippen molar-refractivity contribution < 1.29 is 0 Å². The maximum atomic E-state index is 4.73. The highest BCUT2D eigenvalue weighted by molar-refractivity contribution is 5.62. The second-order valence-corrected chi connectivity index (χ2v) is 6.29. The van der Waals surface area contributed by atoms with Crippen molar-refractivity contribution in [2.75, 3.05) is 0 Å². The van der Waals surface area contributed by atoms with E-state index in [9.17, 15) is 0 Å². The third kappa shape index (κ3) is 2.92. The normalized spacial score (nSPS) is 22.7. The molecule has 0 atom stereocenters. The van der Waals surface area contributed by atoms with Gasteiger partial charge in [0, 0.05) is 23.4 Å². The van der Waals surface area contributed by atoms with Crippen LogP contribution in [0.15, 0.2) is 42.6 Å². The van der Waals surface area contributed by atoms with E-state index in [4.69, 9.17) is 4.98 Å². The molecule has 1 heterocycles. The van der Waals surface area contributed by atoms with Gasteiger partial charge in [0.05, 0.1) is 0 Å². The van der Waals surface area contributed by atoms with Gasteiger partial charge in [0.1, 0.15) is 0 Å². The minimum Gasteiger partial charge on any atom is -0.260 e. The summed E-state index contributed by atoms with van der Waals surface area (Å²) in [4.78, 5) is 4.73. The fraction of sp³-hybridized carbons (Fsp3) is 0.421. The Morgan fingerprint density at radius 2 is 1.50 bits per heavy atom. The van der Waals surface area contributed by atoms with Crippen molar-refractivity contribution in [3.63, 3.8) is 0 Å². The molecule has 0 bridgehead atoms. The van der Waals surface area contributed by atoms with Crippen molar-refractivity contribution >= 4 is 0 Å². The number of aromatic nitrogens is 1. The number of benzene rings is 1. The molecule has 1 aliphatic carbocycles. The van der Waals surface area contributed by atoms with Gasteiger partial charge in [-0.25, -0.2) is 0 Å². The molecule has 0 spiro atoms. The predicted octanol–water partition coefficient (Wildman–Crippen LogP) is 5.35. The van der Waals surface area contributed by atoms with E-state index in [0.29, 0.717) is 5.92 Å². The lowest BCUT2D eigenvalue weighted by molar-refractivity contribution is 0.344. The van der Waals surface area contributed by atoms with Gasteiger partial charge in [-0.3, -0.25) is 4.98 Å². The van der Waals surface area contributed by atoms with Crippen LogP contribution in [0, 0.1) is 12.8 Å². The van der Waals surface area contributed by atoms with Crippen molar-refractivity contribution in [2.24, 2.45) is 5.92 Å². The van der Waals surface area contributed by atoms with Crippen LogP contribution in [-0.2, 0) is 0 Å². The van der Waals surface area contributed by atoms with E-state index in [0.717, 1.165) is 5.92 Å². The molecule has 1 fully saturated rings. The smallest absolute Gasteiger partial charge is 0.0434 e. The van der Waals surface area contributed by atoms with Gasteiger partial charge < -0.3 is 0 Å². The molecule has 1 aromatic heterocycles. The minimum atomic E-state index is 0.679. The first-order valence-electron chi connectivity index (χ1n) is 7.75. The summed E-state index contributed by atoms with van der Waals surface area (Å²) in [5.74, 6) is 1.58. The van der Waals surface area contributed by atoms with E-state index in [1.807, 2.05) is 6.20 Å². The Labute approximate surface area is 122 Å². The molecule has 104 valence electrons. The van der Waals surface area contributed by atoms with Crippen LogP contribution in [-0.4, -0.2) is 4.98 Å². The van der Waals surface area contributed by atoms with Gasteiger partial charge in [-0.2, -0.15) is 0 Å². The quantitative estimate of drug-likeness (QED) is 0.713. The summed E-state index contributed by atoms with van der Waals surface area (Å²) in [6.07, 6.45) is 7.35. The zero-order valence-electron chi connectivity index (χ0n) is 12.5. The van der Waals surface area contributed by atoms with E-state index in [1.165, 1.54) is 48.1 Å². The standard InChI is InChI=1S/C19H23N/c1-14-3-7-16(8-4-14)18-11-12-19(20-13-18)17-9-5-15(2)6-10-17/h3-4,7-8,11-13,15,17H,5-6,9-10H2,1-2H3. The molecule has 0 unspecified atom stereocenters. The lowest BCUT2D eigenvalue weighted by Crippen LogP contribution is -2.11. The van der Waals surface area contributed by atoms with Crippen LogP contribution in [0.25, 0.3) is 11.1 Å². The second kappa shape index (κ2) is 5.78. The highest BCUT2D eigenvalue weighted by atomic mass is 14.7. The van der Waals surface area contributed by atoms with Gasteiger partial charge >= 0.3 is 0 Å². The molecule has 1 nitrogen and oxygen atoms in total. The molecule has 2 aromatic rings. The number of rotatable bonds is 2. The maximum absolute atomic E-state index is 4.73. The first kappa shape index (κ1) is 13.4. The molecular formula is C19H23N. The van der Waals surface area contributed by atoms with E-state index in [1.54, 1.807) is 0 Å². The summed E-state index contributed by atoms with van der Waals surface area (Å²) in [5.41, 5.74) is 5.06. The Bertz CT molecular complexity index is 545. The van der Waals surface area contributed by atoms with Crippen molar-refractivity contribution in [2.45, 2.75) is 45.4 Å². The number of hydrogen-bond acceptors (Lipinski definition) is 1. The highest BCUT2D eigenvalue weighted by Gasteiger charge is 2.20. The number of aryl methyl sites for hydroxylation is 1. The predicted molar refractivity (Wildman–Crippen MR) is 84.8 cm³/mol. The van der Waals surface area contributed by atoms with Crippen LogP contribution in [0.1, 0.15) is 49.8 Å². The van der Waals surface area contributed by atoms with Crippen molar-refractivity contribution in [3.8, 4) is 11.1 Å². The van der Waals surface area contributed by atoms with Crippen molar-refractivity contribution in [1.29, 1.82) is 0 Å². The largest absolute Gasteiger partial charge is 0.260 e. The summed E-state index contributed by atoms with van der Waals surface area (Å²) in [5, 5.41) is 0. The summed E-state index contributed by atoms with van der Waals surface area (Å²) < 4.78 is 0. The van der Waals surface area contributed by atoms with Gasteiger partial charge in [0.25, 0.3) is 0 Å². The van der Waals surface area contributed by atoms with Gasteiger partial charge in [0.15, 0.2) is 0 Å². The SMILES string of the molecule is Cc1ccc(-c2ccc(C3CCC(C)CC3)nc2)cc1. The zero-order valence-corrected chi connectivity index (χ0v) is 12.5. The summed E-state index contributed by atoms with van der Waals surface area (Å²) in [6.45, 7) is 4.49. The Hall–Kier alpha value is -1.63. The number of nitrogens with zero attached hydrogens (tertiary/aromatic N) is 1. The maximum Gasteiger partial charge on any atom is 0.0434 e. The van der Waals surface area contributed by atoms with Crippen LogP contribution in [0.2, 0.25) is 0 Å². The molecule has 1 aromatic carbocycles. The molecule has 1 saturated carbocycles. The van der Waals surface area contributed by atoms with Gasteiger partial charge in [0.2, 0.25) is 0 Å². The van der Waals surface area contributed by atoms with Crippen LogP contribution < -0.4 is 0 Å². The Morgan fingerprint density at radius 3 is 2.10 bits per heavy atom. The first-order valence-corrected chi connectivity index (χ1v) is 7.75. The van der Waals surface area contributed by atoms with E-state index in [2.05, 4.69) is 50.2 Å². The van der Waals surface area contributed by atoms with Crippen LogP contribution in [0.5, 0.6) is 0 Å². The average molecular weight is 265 g/mol. The number of hydrogen-bond donors (Lipinski definition) is 0. The number of pyridine rings is 1. The fourth-order valence-electron chi connectivity index (χ4n) is 3.12. The molecule has 3 rings (SSSR count). The Morgan fingerprint density at radius 1 is 0.850 bits per heavy atom. The Balaban J connectivity index is 1.76. The molecule has 0 radical (unpaired) electrons. The molecule has 0 amide bonds. The van der Waals surface area contributed by atoms with Crippen LogP contribution in [0.3, 0.4) is 0 Å². The molecule has 1 heteroatoms. The van der Waals surface area contributed by atoms with E-state index in [-0.39, 0.29) is 0 Å². The second-order valence-electron chi connectivity index (χ2n) is 6.29. The Kier molecular flexibility index (Phi) is 3.86. The van der Waals surface area contributed by atoms with Crippen LogP contribution >= 0.6 is 0 Å². The highest BCUT2D eigenvalue weighted by Crippen LogP contribution is 2.35. The molecule has 0 saturated heterocycles. The fourth-order valence-corrected chi connectivity index (χ4v) is 3.12. The van der Waals surface area contributed by atoms with E-state index < -0.39 is 0 Å². The summed E-state index contributed by atoms with van der Waals surface area (Å²) >= 11 is 0. The minimum absolute atomic E-state index is 0.679. The van der Waals surface area contributed by atoms with Gasteiger partial charge in [-0.05, 0) is 37.3 Å². The molecular weight excluding hydrogens is 242 g/mol. The molecule has 1 aliphatic rings. The molecule has 0 N–H and O–H groups in total. The molecule has 0 aliphatic heterocycles. The third-order valence-electron chi connectivity index (χ3n) is 4.61. The van der Waals surface area contributed by atoms with Crippen molar-refractivity contribution in [1.82, 2.24) is 4.98 Å². The summed E-state index contributed by atoms with van der Waals surface area (Å²) in [7, 11) is 0. The van der Waals surface area contributed by atoms with E-state index >= 15 is 0 Å². The zero-order chi connectivity index (χ0) is 13.9. The van der Waals surface area contributed by atoms with Crippen LogP contribution in [0.4, 0.5) is 0 Å². The van der Waals surface area contributed by atoms with Crippen molar-refractivity contribution in [3.05, 3.63) is 53.9 Å². The third-order valence-corrected chi connectivity index (χ3v) is 4.61. The first-order chi connectivity index (χ1) is 9.72. The lowest BCUT2D eigenvalue weighted by atomic mass is 9.81.